The third-order valence-corrected chi connectivity index (χ3v) is 3.07. The Balaban J connectivity index is 3.11. The molecule has 0 fully saturated rings. The second kappa shape index (κ2) is 3.85. The predicted molar refractivity (Wildman–Crippen MR) is 53.4 cm³/mol. The summed E-state index contributed by atoms with van der Waals surface area (Å²) in [4.78, 5) is 10.3. The number of rotatable bonds is 2. The number of benzene rings is 1. The zero-order valence-corrected chi connectivity index (χ0v) is 8.81. The normalized spacial score (nSPS) is 9.92. The van der Waals surface area contributed by atoms with Gasteiger partial charge in [0.05, 0.1) is 0 Å². The molecule has 1 nitrogen and oxygen atoms in total. The van der Waals surface area contributed by atoms with Crippen LogP contribution in [0.4, 0.5) is 0 Å². The first-order valence-electron chi connectivity index (χ1n) is 3.84. The second-order valence-corrected chi connectivity index (χ2v) is 3.71. The van der Waals surface area contributed by atoms with Gasteiger partial charge >= 0.3 is 0 Å². The van der Waals surface area contributed by atoms with Crippen molar-refractivity contribution in [2.45, 2.75) is 20.3 Å². The van der Waals surface area contributed by atoms with Crippen LogP contribution in [-0.2, 0) is 11.2 Å². The summed E-state index contributed by atoms with van der Waals surface area (Å²) in [5.74, 6) is 0. The van der Waals surface area contributed by atoms with Gasteiger partial charge in [-0.3, -0.25) is 0 Å². The quantitative estimate of drug-likeness (QED) is 0.710. The predicted octanol–water partition coefficient (Wildman–Crippen LogP) is 2.81. The molecule has 1 rings (SSSR count). The minimum Gasteiger partial charge on any atom is -0.303 e. The Hall–Kier alpha value is -0.630. The van der Waals surface area contributed by atoms with Crippen LogP contribution in [0.3, 0.4) is 0 Å². The summed E-state index contributed by atoms with van der Waals surface area (Å²) in [6, 6.07) is 4.07. The zero-order valence-electron chi connectivity index (χ0n) is 7.23. The Morgan fingerprint density at radius 1 is 1.33 bits per heavy atom. The summed E-state index contributed by atoms with van der Waals surface area (Å²) < 4.78 is 1.14. The van der Waals surface area contributed by atoms with E-state index in [1.165, 1.54) is 11.1 Å². The van der Waals surface area contributed by atoms with E-state index in [9.17, 15) is 4.79 Å². The average Bonchev–Trinajstić information content (AvgIpc) is 2.01. The number of aryl methyl sites for hydroxylation is 2. The van der Waals surface area contributed by atoms with Crippen LogP contribution in [0, 0.1) is 13.8 Å². The Bertz CT molecular complexity index is 282. The Morgan fingerprint density at radius 3 is 2.25 bits per heavy atom. The first kappa shape index (κ1) is 9.46. The molecule has 0 amide bonds. The van der Waals surface area contributed by atoms with Crippen molar-refractivity contribution in [2.75, 3.05) is 0 Å². The van der Waals surface area contributed by atoms with Crippen LogP contribution in [0.15, 0.2) is 16.6 Å². The molecule has 12 heavy (non-hydrogen) atoms. The van der Waals surface area contributed by atoms with Gasteiger partial charge in [-0.05, 0) is 30.5 Å². The van der Waals surface area contributed by atoms with Crippen LogP contribution < -0.4 is 0 Å². The number of carbonyl (C=O) groups is 1. The largest absolute Gasteiger partial charge is 0.303 e. The van der Waals surface area contributed by atoms with Gasteiger partial charge in [-0.2, -0.15) is 0 Å². The van der Waals surface area contributed by atoms with Gasteiger partial charge in [0.25, 0.3) is 0 Å². The van der Waals surface area contributed by atoms with Gasteiger partial charge in [-0.25, -0.2) is 0 Å². The Morgan fingerprint density at radius 2 is 1.83 bits per heavy atom. The standard InChI is InChI=1S/C10H11BrO/c1-7-5-9(3-4-12)6-8(2)10(7)11/h4-6H,3H2,1-2H3. The summed E-state index contributed by atoms with van der Waals surface area (Å²) >= 11 is 3.48. The van der Waals surface area contributed by atoms with Crippen molar-refractivity contribution in [3.63, 3.8) is 0 Å². The molecular formula is C10H11BrO. The highest BCUT2D eigenvalue weighted by molar-refractivity contribution is 9.10. The van der Waals surface area contributed by atoms with Crippen LogP contribution in [0.25, 0.3) is 0 Å². The molecule has 0 spiro atoms. The van der Waals surface area contributed by atoms with E-state index in [0.29, 0.717) is 6.42 Å². The third kappa shape index (κ3) is 1.95. The number of aldehydes is 1. The minimum absolute atomic E-state index is 0.509. The maximum absolute atomic E-state index is 10.3. The fourth-order valence-corrected chi connectivity index (χ4v) is 1.48. The lowest BCUT2D eigenvalue weighted by Gasteiger charge is -2.04. The van der Waals surface area contributed by atoms with Crippen LogP contribution in [-0.4, -0.2) is 6.29 Å². The molecule has 1 aromatic carbocycles. The van der Waals surface area contributed by atoms with Gasteiger partial charge in [0, 0.05) is 10.9 Å². The topological polar surface area (TPSA) is 17.1 Å². The number of carbonyl (C=O) groups excluding carboxylic acids is 1. The summed E-state index contributed by atoms with van der Waals surface area (Å²) in [5, 5.41) is 0. The molecule has 0 bridgehead atoms. The molecule has 0 radical (unpaired) electrons. The highest BCUT2D eigenvalue weighted by Gasteiger charge is 2.00. The number of hydrogen-bond donors (Lipinski definition) is 0. The minimum atomic E-state index is 0.509. The van der Waals surface area contributed by atoms with E-state index in [2.05, 4.69) is 15.9 Å². The SMILES string of the molecule is Cc1cc(CC=O)cc(C)c1Br. The number of hydrogen-bond acceptors (Lipinski definition) is 1. The molecule has 0 aliphatic rings. The van der Waals surface area contributed by atoms with Crippen LogP contribution in [0.2, 0.25) is 0 Å². The fraction of sp³-hybridized carbons (Fsp3) is 0.300. The molecule has 0 heterocycles. The highest BCUT2D eigenvalue weighted by atomic mass is 79.9. The molecule has 0 N–H and O–H groups in total. The van der Waals surface area contributed by atoms with Crippen molar-refractivity contribution in [1.29, 1.82) is 0 Å². The molecule has 0 saturated carbocycles. The van der Waals surface area contributed by atoms with Gasteiger partial charge < -0.3 is 4.79 Å². The van der Waals surface area contributed by atoms with E-state index in [1.807, 2.05) is 26.0 Å². The summed E-state index contributed by atoms with van der Waals surface area (Å²) in [6.07, 6.45) is 1.44. The van der Waals surface area contributed by atoms with Crippen LogP contribution in [0.5, 0.6) is 0 Å². The van der Waals surface area contributed by atoms with E-state index in [1.54, 1.807) is 0 Å². The molecular weight excluding hydrogens is 216 g/mol. The molecule has 0 aliphatic carbocycles. The van der Waals surface area contributed by atoms with E-state index >= 15 is 0 Å². The summed E-state index contributed by atoms with van der Waals surface area (Å²) in [7, 11) is 0. The van der Waals surface area contributed by atoms with Crippen molar-refractivity contribution in [3.8, 4) is 0 Å². The summed E-state index contributed by atoms with van der Waals surface area (Å²) in [5.41, 5.74) is 3.46. The van der Waals surface area contributed by atoms with E-state index in [-0.39, 0.29) is 0 Å². The zero-order chi connectivity index (χ0) is 9.14. The first-order chi connectivity index (χ1) is 5.65. The van der Waals surface area contributed by atoms with Gasteiger partial charge in [0.15, 0.2) is 0 Å². The Kier molecular flexibility index (Phi) is 3.04. The van der Waals surface area contributed by atoms with Crippen molar-refractivity contribution >= 4 is 22.2 Å². The maximum Gasteiger partial charge on any atom is 0.124 e. The van der Waals surface area contributed by atoms with Crippen LogP contribution in [0.1, 0.15) is 16.7 Å². The van der Waals surface area contributed by atoms with Gasteiger partial charge in [0.1, 0.15) is 6.29 Å². The van der Waals surface area contributed by atoms with E-state index in [0.717, 1.165) is 16.3 Å². The van der Waals surface area contributed by atoms with Gasteiger partial charge in [0.2, 0.25) is 0 Å². The highest BCUT2D eigenvalue weighted by Crippen LogP contribution is 2.22. The molecule has 0 unspecified atom stereocenters. The third-order valence-electron chi connectivity index (χ3n) is 1.82. The monoisotopic (exact) mass is 226 g/mol. The number of halogens is 1. The molecule has 0 atom stereocenters. The van der Waals surface area contributed by atoms with Crippen molar-refractivity contribution in [2.24, 2.45) is 0 Å². The van der Waals surface area contributed by atoms with Crippen molar-refractivity contribution in [3.05, 3.63) is 33.3 Å². The van der Waals surface area contributed by atoms with Crippen LogP contribution >= 0.6 is 15.9 Å². The van der Waals surface area contributed by atoms with Gasteiger partial charge in [-0.15, -0.1) is 0 Å². The molecule has 1 aromatic rings. The Labute approximate surface area is 80.9 Å². The lowest BCUT2D eigenvalue weighted by Crippen LogP contribution is -1.90. The summed E-state index contributed by atoms with van der Waals surface area (Å²) in [6.45, 7) is 4.07. The second-order valence-electron chi connectivity index (χ2n) is 2.91. The maximum atomic E-state index is 10.3. The average molecular weight is 227 g/mol. The molecule has 2 heteroatoms. The molecule has 0 aliphatic heterocycles. The van der Waals surface area contributed by atoms with E-state index < -0.39 is 0 Å². The fourth-order valence-electron chi connectivity index (χ4n) is 1.25. The first-order valence-corrected chi connectivity index (χ1v) is 4.63. The lowest BCUT2D eigenvalue weighted by atomic mass is 10.1. The molecule has 0 aromatic heterocycles. The van der Waals surface area contributed by atoms with Crippen molar-refractivity contribution < 1.29 is 4.79 Å². The lowest BCUT2D eigenvalue weighted by molar-refractivity contribution is -0.107. The molecule has 64 valence electrons. The van der Waals surface area contributed by atoms with Crippen molar-refractivity contribution in [1.82, 2.24) is 0 Å². The van der Waals surface area contributed by atoms with E-state index in [4.69, 9.17) is 0 Å². The van der Waals surface area contributed by atoms with Gasteiger partial charge in [-0.1, -0.05) is 28.1 Å². The molecule has 0 saturated heterocycles. The smallest absolute Gasteiger partial charge is 0.124 e.